The Bertz CT molecular complexity index is 456. The summed E-state index contributed by atoms with van der Waals surface area (Å²) in [7, 11) is 0. The Labute approximate surface area is 115 Å². The van der Waals surface area contributed by atoms with Crippen molar-refractivity contribution < 1.29 is 4.79 Å². The van der Waals surface area contributed by atoms with Crippen LogP contribution in [0.25, 0.3) is 0 Å². The molecule has 0 bridgehead atoms. The predicted octanol–water partition coefficient (Wildman–Crippen LogP) is 2.95. The molecule has 1 saturated carbocycles. The summed E-state index contributed by atoms with van der Waals surface area (Å²) < 4.78 is 0. The van der Waals surface area contributed by atoms with Crippen LogP contribution in [0.15, 0.2) is 17.0 Å². The molecule has 0 radical (unpaired) electrons. The largest absolute Gasteiger partial charge is 0.333 e. The van der Waals surface area contributed by atoms with Crippen LogP contribution in [0, 0.1) is 12.8 Å². The van der Waals surface area contributed by atoms with Crippen LogP contribution in [0.3, 0.4) is 0 Å². The maximum atomic E-state index is 11.7. The number of amides is 2. The van der Waals surface area contributed by atoms with E-state index in [1.807, 2.05) is 12.3 Å². The van der Waals surface area contributed by atoms with Crippen molar-refractivity contribution in [3.05, 3.63) is 27.7 Å². The fourth-order valence-electron chi connectivity index (χ4n) is 1.69. The first-order valence-electron chi connectivity index (χ1n) is 5.86. The van der Waals surface area contributed by atoms with Crippen molar-refractivity contribution in [1.82, 2.24) is 15.6 Å². The number of aryl methyl sites for hydroxylation is 1. The lowest BCUT2D eigenvalue weighted by molar-refractivity contribution is 0.236. The molecule has 1 aliphatic rings. The minimum absolute atomic E-state index is 0.0206. The molecule has 18 heavy (non-hydrogen) atoms. The van der Waals surface area contributed by atoms with E-state index in [2.05, 4.69) is 22.2 Å². The van der Waals surface area contributed by atoms with E-state index in [1.54, 1.807) is 11.3 Å². The molecule has 2 N–H and O–H groups in total. The van der Waals surface area contributed by atoms with E-state index in [0.29, 0.717) is 11.0 Å². The van der Waals surface area contributed by atoms with Gasteiger partial charge in [-0.25, -0.2) is 9.78 Å². The summed E-state index contributed by atoms with van der Waals surface area (Å²) in [6.45, 7) is 5.77. The van der Waals surface area contributed by atoms with Gasteiger partial charge in [-0.2, -0.15) is 0 Å². The summed E-state index contributed by atoms with van der Waals surface area (Å²) in [6, 6.07) is -0.200. The molecule has 1 aromatic rings. The number of aromatic nitrogens is 1. The van der Waals surface area contributed by atoms with E-state index in [0.717, 1.165) is 23.5 Å². The minimum Gasteiger partial charge on any atom is -0.333 e. The van der Waals surface area contributed by atoms with Gasteiger partial charge in [-0.15, -0.1) is 11.3 Å². The number of nitrogens with one attached hydrogen (secondary N) is 2. The van der Waals surface area contributed by atoms with E-state index in [-0.39, 0.29) is 18.6 Å². The number of thiazole rings is 1. The Balaban J connectivity index is 1.94. The molecule has 1 unspecified atom stereocenters. The third-order valence-electron chi connectivity index (χ3n) is 2.72. The summed E-state index contributed by atoms with van der Waals surface area (Å²) >= 11 is 7.20. The van der Waals surface area contributed by atoms with Gasteiger partial charge in [0.25, 0.3) is 0 Å². The molecule has 1 fully saturated rings. The van der Waals surface area contributed by atoms with Gasteiger partial charge in [-0.3, -0.25) is 0 Å². The van der Waals surface area contributed by atoms with Crippen LogP contribution >= 0.6 is 22.9 Å². The first-order valence-corrected chi connectivity index (χ1v) is 7.11. The normalized spacial score (nSPS) is 16.1. The highest BCUT2D eigenvalue weighted by Gasteiger charge is 2.35. The maximum absolute atomic E-state index is 11.7. The molecule has 2 amide bonds. The van der Waals surface area contributed by atoms with Gasteiger partial charge >= 0.3 is 6.03 Å². The van der Waals surface area contributed by atoms with Crippen LogP contribution in [0.5, 0.6) is 0 Å². The van der Waals surface area contributed by atoms with Crippen LogP contribution in [0.4, 0.5) is 4.79 Å². The summed E-state index contributed by atoms with van der Waals surface area (Å²) in [6.07, 6.45) is 2.29. The highest BCUT2D eigenvalue weighted by molar-refractivity contribution is 7.09. The third kappa shape index (κ3) is 3.71. The molecule has 4 nitrogen and oxygen atoms in total. The maximum Gasteiger partial charge on any atom is 0.315 e. The molecule has 0 spiro atoms. The Hall–Kier alpha value is -1.07. The standard InChI is InChI=1S/C12H16ClN3OS/c1-7(13)5-14-12(17)16-10(9-3-4-9)11-15-8(2)6-18-11/h6,9-10H,1,3-5H2,2H3,(H2,14,16,17). The molecule has 6 heteroatoms. The van der Waals surface area contributed by atoms with Gasteiger partial charge in [0.05, 0.1) is 12.6 Å². The highest BCUT2D eigenvalue weighted by Crippen LogP contribution is 2.41. The highest BCUT2D eigenvalue weighted by atomic mass is 35.5. The fourth-order valence-corrected chi connectivity index (χ4v) is 2.70. The quantitative estimate of drug-likeness (QED) is 0.874. The van der Waals surface area contributed by atoms with Crippen molar-refractivity contribution in [2.45, 2.75) is 25.8 Å². The van der Waals surface area contributed by atoms with Gasteiger partial charge in [0, 0.05) is 16.1 Å². The topological polar surface area (TPSA) is 54.0 Å². The molecular weight excluding hydrogens is 270 g/mol. The first-order chi connectivity index (χ1) is 8.56. The van der Waals surface area contributed by atoms with Gasteiger partial charge in [0.2, 0.25) is 0 Å². The van der Waals surface area contributed by atoms with E-state index in [1.165, 1.54) is 0 Å². The molecule has 0 aliphatic heterocycles. The third-order valence-corrected chi connectivity index (χ3v) is 3.90. The Morgan fingerprint density at radius 3 is 2.94 bits per heavy atom. The Morgan fingerprint density at radius 1 is 1.72 bits per heavy atom. The second kappa shape index (κ2) is 5.71. The molecule has 0 saturated heterocycles. The van der Waals surface area contributed by atoms with Crippen molar-refractivity contribution in [2.75, 3.05) is 6.54 Å². The number of carbonyl (C=O) groups excluding carboxylic acids is 1. The second-order valence-corrected chi connectivity index (χ2v) is 5.91. The van der Waals surface area contributed by atoms with Crippen molar-refractivity contribution in [3.8, 4) is 0 Å². The van der Waals surface area contributed by atoms with E-state index in [4.69, 9.17) is 11.6 Å². The number of halogens is 1. The lowest BCUT2D eigenvalue weighted by Gasteiger charge is -2.16. The lowest BCUT2D eigenvalue weighted by Crippen LogP contribution is -2.39. The molecule has 1 aromatic heterocycles. The molecule has 1 atom stereocenters. The monoisotopic (exact) mass is 285 g/mol. The van der Waals surface area contributed by atoms with Crippen molar-refractivity contribution in [1.29, 1.82) is 0 Å². The SMILES string of the molecule is C=C(Cl)CNC(=O)NC(c1nc(C)cs1)C1CC1. The zero-order valence-corrected chi connectivity index (χ0v) is 11.8. The summed E-state index contributed by atoms with van der Waals surface area (Å²) in [5.41, 5.74) is 0.997. The predicted molar refractivity (Wildman–Crippen MR) is 73.8 cm³/mol. The van der Waals surface area contributed by atoms with Crippen LogP contribution in [-0.4, -0.2) is 17.6 Å². The summed E-state index contributed by atoms with van der Waals surface area (Å²) in [5, 5.41) is 9.03. The second-order valence-electron chi connectivity index (χ2n) is 4.49. The van der Waals surface area contributed by atoms with Crippen LogP contribution in [0.1, 0.15) is 29.6 Å². The molecular formula is C12H16ClN3OS. The molecule has 0 aromatic carbocycles. The molecule has 1 heterocycles. The van der Waals surface area contributed by atoms with E-state index >= 15 is 0 Å². The van der Waals surface area contributed by atoms with Gasteiger partial charge in [0.1, 0.15) is 5.01 Å². The van der Waals surface area contributed by atoms with Crippen molar-refractivity contribution >= 4 is 29.0 Å². The van der Waals surface area contributed by atoms with Gasteiger partial charge in [0.15, 0.2) is 0 Å². The number of urea groups is 1. The number of hydrogen-bond acceptors (Lipinski definition) is 3. The smallest absolute Gasteiger partial charge is 0.315 e. The van der Waals surface area contributed by atoms with Gasteiger partial charge < -0.3 is 10.6 Å². The van der Waals surface area contributed by atoms with Crippen molar-refractivity contribution in [2.24, 2.45) is 5.92 Å². The average molecular weight is 286 g/mol. The molecule has 2 rings (SSSR count). The average Bonchev–Trinajstić information content (AvgIpc) is 3.06. The van der Waals surface area contributed by atoms with Crippen LogP contribution in [0.2, 0.25) is 0 Å². The van der Waals surface area contributed by atoms with E-state index in [9.17, 15) is 4.79 Å². The van der Waals surface area contributed by atoms with Gasteiger partial charge in [-0.1, -0.05) is 18.2 Å². The zero-order chi connectivity index (χ0) is 13.1. The number of rotatable bonds is 5. The van der Waals surface area contributed by atoms with Crippen LogP contribution in [-0.2, 0) is 0 Å². The Kier molecular flexibility index (Phi) is 4.24. The number of hydrogen-bond donors (Lipinski definition) is 2. The summed E-state index contributed by atoms with van der Waals surface area (Å²) in [5.74, 6) is 0.514. The fraction of sp³-hybridized carbons (Fsp3) is 0.500. The van der Waals surface area contributed by atoms with Crippen molar-refractivity contribution in [3.63, 3.8) is 0 Å². The molecule has 98 valence electrons. The molecule has 1 aliphatic carbocycles. The number of nitrogens with zero attached hydrogens (tertiary/aromatic N) is 1. The number of carbonyl (C=O) groups is 1. The Morgan fingerprint density at radius 2 is 2.44 bits per heavy atom. The lowest BCUT2D eigenvalue weighted by atomic mass is 10.2. The zero-order valence-electron chi connectivity index (χ0n) is 10.2. The first kappa shape index (κ1) is 13.4. The summed E-state index contributed by atoms with van der Waals surface area (Å²) in [4.78, 5) is 16.2. The minimum atomic E-state index is -0.221. The van der Waals surface area contributed by atoms with Crippen LogP contribution < -0.4 is 10.6 Å². The van der Waals surface area contributed by atoms with Gasteiger partial charge in [-0.05, 0) is 25.7 Å². The van der Waals surface area contributed by atoms with E-state index < -0.39 is 0 Å².